The minimum atomic E-state index is -0.594. The number of ether oxygens (including phenoxy) is 1. The van der Waals surface area contributed by atoms with Gasteiger partial charge in [-0.25, -0.2) is 0 Å². The van der Waals surface area contributed by atoms with Crippen LogP contribution < -0.4 is 9.64 Å². The Hall–Kier alpha value is -8.20. The summed E-state index contributed by atoms with van der Waals surface area (Å²) in [4.78, 5) is 2.52. The molecule has 3 aliphatic carbocycles. The summed E-state index contributed by atoms with van der Waals surface area (Å²) in [6, 6.07) is 87.5. The lowest BCUT2D eigenvalue weighted by atomic mass is 9.66. The maximum Gasteiger partial charge on any atom is 0.132 e. The molecule has 64 heavy (non-hydrogen) atoms. The van der Waals surface area contributed by atoms with Crippen LogP contribution in [0.2, 0.25) is 0 Å². The van der Waals surface area contributed by atoms with Crippen LogP contribution in [0, 0.1) is 0 Å². The molecular weight excluding hydrogens is 775 g/mol. The zero-order valence-electron chi connectivity index (χ0n) is 34.9. The largest absolute Gasteiger partial charge is 0.457 e. The number of nitrogens with zero attached hydrogens (tertiary/aromatic N) is 1. The fraction of sp³-hybridized carbons (Fsp3) is 0.0323. The summed E-state index contributed by atoms with van der Waals surface area (Å²) < 4.78 is 6.73. The van der Waals surface area contributed by atoms with Gasteiger partial charge in [-0.3, -0.25) is 0 Å². The van der Waals surface area contributed by atoms with Crippen molar-refractivity contribution in [1.29, 1.82) is 0 Å². The topological polar surface area (TPSA) is 12.5 Å². The lowest BCUT2D eigenvalue weighted by Crippen LogP contribution is -2.32. The van der Waals surface area contributed by atoms with E-state index in [9.17, 15) is 0 Å². The number of fused-ring (bicyclic) bond motifs is 19. The first-order valence-corrected chi connectivity index (χ1v) is 22.3. The molecule has 4 aliphatic rings. The Kier molecular flexibility index (Phi) is 7.28. The average Bonchev–Trinajstić information content (AvgIpc) is 3.95. The molecule has 0 amide bonds. The molecular formula is C62H39NO. The molecule has 1 heterocycles. The first-order chi connectivity index (χ1) is 31.8. The van der Waals surface area contributed by atoms with Gasteiger partial charge in [0.2, 0.25) is 0 Å². The molecule has 14 rings (SSSR count). The number of benzene rings is 10. The lowest BCUT2D eigenvalue weighted by Gasteiger charge is -2.39. The van der Waals surface area contributed by atoms with E-state index in [0.717, 1.165) is 39.7 Å². The molecule has 2 spiro atoms. The van der Waals surface area contributed by atoms with E-state index in [1.165, 1.54) is 77.9 Å². The van der Waals surface area contributed by atoms with Gasteiger partial charge in [-0.1, -0.05) is 194 Å². The number of hydrogen-bond acceptors (Lipinski definition) is 2. The molecule has 10 aromatic carbocycles. The number of hydrogen-bond donors (Lipinski definition) is 0. The van der Waals surface area contributed by atoms with Crippen LogP contribution in [-0.2, 0) is 10.8 Å². The van der Waals surface area contributed by atoms with Crippen LogP contribution >= 0.6 is 0 Å². The van der Waals surface area contributed by atoms with E-state index in [4.69, 9.17) is 4.74 Å². The summed E-state index contributed by atoms with van der Waals surface area (Å²) in [7, 11) is 0. The Labute approximate surface area is 373 Å². The minimum absolute atomic E-state index is 0.461. The monoisotopic (exact) mass is 813 g/mol. The molecule has 2 nitrogen and oxygen atoms in total. The third-order valence-electron chi connectivity index (χ3n) is 14.6. The van der Waals surface area contributed by atoms with Crippen molar-refractivity contribution in [2.24, 2.45) is 0 Å². The van der Waals surface area contributed by atoms with Crippen molar-refractivity contribution >= 4 is 17.1 Å². The minimum Gasteiger partial charge on any atom is -0.457 e. The zero-order chi connectivity index (χ0) is 42.0. The van der Waals surface area contributed by atoms with E-state index < -0.39 is 10.8 Å². The second-order valence-electron chi connectivity index (χ2n) is 17.5. The fourth-order valence-electron chi connectivity index (χ4n) is 12.2. The van der Waals surface area contributed by atoms with Crippen LogP contribution in [0.3, 0.4) is 0 Å². The van der Waals surface area contributed by atoms with Gasteiger partial charge in [0.05, 0.1) is 16.5 Å². The van der Waals surface area contributed by atoms with Crippen molar-refractivity contribution in [3.8, 4) is 56.0 Å². The van der Waals surface area contributed by atoms with E-state index in [2.05, 4.69) is 241 Å². The van der Waals surface area contributed by atoms with Gasteiger partial charge in [-0.2, -0.15) is 0 Å². The molecule has 0 N–H and O–H groups in total. The molecule has 1 aliphatic heterocycles. The maximum atomic E-state index is 6.73. The number of para-hydroxylation sites is 2. The van der Waals surface area contributed by atoms with Crippen molar-refractivity contribution in [3.05, 3.63) is 281 Å². The SMILES string of the molecule is c1ccc(-c2ccc(N(c3ccc4c(c3)C3(c5ccccc5Oc5ccccc53)c3ccccc3-4)c3cccc4c3-c3ccccc3C43c4ccccc4-c4ccccc43)cc2)cc1. The molecule has 0 saturated heterocycles. The second kappa shape index (κ2) is 13.2. The molecule has 0 unspecified atom stereocenters. The van der Waals surface area contributed by atoms with E-state index in [-0.39, 0.29) is 0 Å². The lowest BCUT2D eigenvalue weighted by molar-refractivity contribution is 0.436. The molecule has 2 heteroatoms. The van der Waals surface area contributed by atoms with Gasteiger partial charge in [0, 0.05) is 28.1 Å². The van der Waals surface area contributed by atoms with Gasteiger partial charge >= 0.3 is 0 Å². The summed E-state index contributed by atoms with van der Waals surface area (Å²) in [6.45, 7) is 0. The van der Waals surface area contributed by atoms with Crippen LogP contribution in [0.15, 0.2) is 237 Å². The van der Waals surface area contributed by atoms with E-state index in [1.807, 2.05) is 0 Å². The highest BCUT2D eigenvalue weighted by molar-refractivity contribution is 6.02. The molecule has 0 radical (unpaired) electrons. The molecule has 0 saturated carbocycles. The quantitative estimate of drug-likeness (QED) is 0.175. The van der Waals surface area contributed by atoms with Crippen molar-refractivity contribution in [2.45, 2.75) is 10.8 Å². The van der Waals surface area contributed by atoms with Crippen molar-refractivity contribution < 1.29 is 4.74 Å². The van der Waals surface area contributed by atoms with Crippen LogP contribution in [0.5, 0.6) is 11.5 Å². The third kappa shape index (κ3) is 4.49. The van der Waals surface area contributed by atoms with Gasteiger partial charge < -0.3 is 9.64 Å². The highest BCUT2D eigenvalue weighted by Gasteiger charge is 2.53. The van der Waals surface area contributed by atoms with Crippen molar-refractivity contribution in [2.75, 3.05) is 4.90 Å². The normalized spacial score (nSPS) is 14.3. The van der Waals surface area contributed by atoms with Gasteiger partial charge in [-0.15, -0.1) is 0 Å². The Morgan fingerprint density at radius 2 is 0.703 bits per heavy atom. The van der Waals surface area contributed by atoms with Crippen molar-refractivity contribution in [3.63, 3.8) is 0 Å². The maximum absolute atomic E-state index is 6.73. The molecule has 10 aromatic rings. The van der Waals surface area contributed by atoms with E-state index >= 15 is 0 Å². The molecule has 0 fully saturated rings. The Morgan fingerprint density at radius 1 is 0.281 bits per heavy atom. The standard InChI is InChI=1S/C62H39NO/c1-2-17-40(18-3-1)41-33-35-42(36-34-41)63(57-30-16-29-55-60(57)48-22-7-11-26-52(48)61(55)49-23-8-4-19-44(49)45-20-5-9-24-50(45)61)43-37-38-47-46-21-6-10-25-51(46)62(56(47)39-43)53-27-12-14-31-58(53)64-59-32-15-13-28-54(59)62/h1-39H. The average molecular weight is 814 g/mol. The highest BCUT2D eigenvalue weighted by Crippen LogP contribution is 2.66. The number of rotatable bonds is 4. The van der Waals surface area contributed by atoms with Gasteiger partial charge in [-0.05, 0) is 115 Å². The molecule has 298 valence electrons. The second-order valence-corrected chi connectivity index (χ2v) is 17.5. The first-order valence-electron chi connectivity index (χ1n) is 22.3. The summed E-state index contributed by atoms with van der Waals surface area (Å²) in [5, 5.41) is 0. The smallest absolute Gasteiger partial charge is 0.132 e. The van der Waals surface area contributed by atoms with Crippen molar-refractivity contribution in [1.82, 2.24) is 0 Å². The Balaban J connectivity index is 1.06. The third-order valence-corrected chi connectivity index (χ3v) is 14.6. The highest BCUT2D eigenvalue weighted by atomic mass is 16.5. The van der Waals surface area contributed by atoms with Crippen LogP contribution in [0.1, 0.15) is 44.5 Å². The Bertz CT molecular complexity index is 3460. The summed E-state index contributed by atoms with van der Waals surface area (Å²) in [5.41, 5.74) is 22.5. The van der Waals surface area contributed by atoms with Gasteiger partial charge in [0.15, 0.2) is 0 Å². The van der Waals surface area contributed by atoms with E-state index in [1.54, 1.807) is 0 Å². The molecule has 0 aromatic heterocycles. The van der Waals surface area contributed by atoms with Crippen LogP contribution in [-0.4, -0.2) is 0 Å². The van der Waals surface area contributed by atoms with E-state index in [0.29, 0.717) is 0 Å². The summed E-state index contributed by atoms with van der Waals surface area (Å²) in [5.74, 6) is 1.78. The summed E-state index contributed by atoms with van der Waals surface area (Å²) in [6.07, 6.45) is 0. The first kappa shape index (κ1) is 35.4. The van der Waals surface area contributed by atoms with Gasteiger partial charge in [0.25, 0.3) is 0 Å². The predicted molar refractivity (Wildman–Crippen MR) is 260 cm³/mol. The summed E-state index contributed by atoms with van der Waals surface area (Å²) >= 11 is 0. The van der Waals surface area contributed by atoms with Crippen LogP contribution in [0.4, 0.5) is 17.1 Å². The molecule has 0 atom stereocenters. The van der Waals surface area contributed by atoms with Gasteiger partial charge in [0.1, 0.15) is 11.5 Å². The predicted octanol–water partition coefficient (Wildman–Crippen LogP) is 15.6. The number of anilines is 3. The zero-order valence-corrected chi connectivity index (χ0v) is 34.9. The molecule has 0 bridgehead atoms. The van der Waals surface area contributed by atoms with Crippen LogP contribution in [0.25, 0.3) is 44.5 Å². The fourth-order valence-corrected chi connectivity index (χ4v) is 12.2. The Morgan fingerprint density at radius 3 is 1.30 bits per heavy atom.